The number of nitrogens with one attached hydrogen (secondary N) is 1. The van der Waals surface area contributed by atoms with E-state index in [1.54, 1.807) is 0 Å². The van der Waals surface area contributed by atoms with Crippen LogP contribution in [0, 0.1) is 11.3 Å². The van der Waals surface area contributed by atoms with Crippen molar-refractivity contribution < 1.29 is 0 Å². The fourth-order valence-corrected chi connectivity index (χ4v) is 4.09. The first kappa shape index (κ1) is 13.4. The van der Waals surface area contributed by atoms with Crippen LogP contribution in [0.4, 0.5) is 0 Å². The Hall–Kier alpha value is -0.0800. The van der Waals surface area contributed by atoms with Crippen molar-refractivity contribution in [1.82, 2.24) is 5.32 Å². The maximum Gasteiger partial charge on any atom is 0.00772 e. The molecule has 0 radical (unpaired) electrons. The van der Waals surface area contributed by atoms with Crippen LogP contribution >= 0.6 is 0 Å². The first-order valence-corrected chi connectivity index (χ1v) is 7.46. The first-order valence-electron chi connectivity index (χ1n) is 7.46. The standard InChI is InChI=1S/C15H30N2/c1-11-8-14(10-15(2,3)9-11)17-13-6-4-12(16)5-7-13/h11-14,17H,4-10,16H2,1-3H3. The number of rotatable bonds is 2. The summed E-state index contributed by atoms with van der Waals surface area (Å²) in [5.74, 6) is 0.877. The second-order valence-electron chi connectivity index (χ2n) is 7.39. The average molecular weight is 238 g/mol. The Morgan fingerprint density at radius 2 is 1.65 bits per heavy atom. The molecule has 2 aliphatic carbocycles. The molecule has 0 aromatic rings. The predicted octanol–water partition coefficient (Wildman–Crippen LogP) is 3.06. The summed E-state index contributed by atoms with van der Waals surface area (Å²) in [6.07, 6.45) is 9.10. The van der Waals surface area contributed by atoms with E-state index in [-0.39, 0.29) is 0 Å². The van der Waals surface area contributed by atoms with Crippen molar-refractivity contribution in [3.8, 4) is 0 Å². The minimum Gasteiger partial charge on any atom is -0.328 e. The molecule has 2 fully saturated rings. The van der Waals surface area contributed by atoms with Gasteiger partial charge >= 0.3 is 0 Å². The van der Waals surface area contributed by atoms with Crippen molar-refractivity contribution in [2.75, 3.05) is 0 Å². The lowest BCUT2D eigenvalue weighted by Gasteiger charge is -2.41. The monoisotopic (exact) mass is 238 g/mol. The van der Waals surface area contributed by atoms with Gasteiger partial charge in [0, 0.05) is 18.1 Å². The van der Waals surface area contributed by atoms with Gasteiger partial charge in [-0.3, -0.25) is 0 Å². The number of hydrogen-bond donors (Lipinski definition) is 2. The largest absolute Gasteiger partial charge is 0.328 e. The summed E-state index contributed by atoms with van der Waals surface area (Å²) >= 11 is 0. The third kappa shape index (κ3) is 3.96. The Kier molecular flexibility index (Phi) is 4.14. The molecule has 2 atom stereocenters. The Labute approximate surface area is 107 Å². The summed E-state index contributed by atoms with van der Waals surface area (Å²) in [4.78, 5) is 0. The van der Waals surface area contributed by atoms with Gasteiger partial charge in [-0.05, 0) is 56.3 Å². The number of hydrogen-bond acceptors (Lipinski definition) is 2. The van der Waals surface area contributed by atoms with Crippen LogP contribution in [0.25, 0.3) is 0 Å². The molecule has 0 aromatic carbocycles. The van der Waals surface area contributed by atoms with Gasteiger partial charge in [0.15, 0.2) is 0 Å². The molecule has 100 valence electrons. The first-order chi connectivity index (χ1) is 7.94. The Morgan fingerprint density at radius 1 is 1.00 bits per heavy atom. The Bertz CT molecular complexity index is 241. The molecular weight excluding hydrogens is 208 g/mol. The zero-order valence-corrected chi connectivity index (χ0v) is 11.8. The van der Waals surface area contributed by atoms with Crippen molar-refractivity contribution >= 4 is 0 Å². The quantitative estimate of drug-likeness (QED) is 0.776. The minimum atomic E-state index is 0.467. The summed E-state index contributed by atoms with van der Waals surface area (Å²) in [5.41, 5.74) is 6.50. The maximum absolute atomic E-state index is 5.97. The zero-order valence-electron chi connectivity index (χ0n) is 11.8. The van der Waals surface area contributed by atoms with E-state index in [1.165, 1.54) is 44.9 Å². The van der Waals surface area contributed by atoms with Gasteiger partial charge in [0.25, 0.3) is 0 Å². The molecule has 17 heavy (non-hydrogen) atoms. The minimum absolute atomic E-state index is 0.467. The SMILES string of the molecule is CC1CC(NC2CCC(N)CC2)CC(C)(C)C1. The van der Waals surface area contributed by atoms with E-state index in [2.05, 4.69) is 26.1 Å². The summed E-state index contributed by atoms with van der Waals surface area (Å²) in [5, 5.41) is 3.91. The van der Waals surface area contributed by atoms with Crippen molar-refractivity contribution in [1.29, 1.82) is 0 Å². The van der Waals surface area contributed by atoms with Gasteiger partial charge in [0.1, 0.15) is 0 Å². The highest BCUT2D eigenvalue weighted by molar-refractivity contribution is 4.89. The highest BCUT2D eigenvalue weighted by Crippen LogP contribution is 2.38. The molecule has 0 heterocycles. The van der Waals surface area contributed by atoms with Crippen LogP contribution in [0.15, 0.2) is 0 Å². The van der Waals surface area contributed by atoms with Crippen LogP contribution in [-0.4, -0.2) is 18.1 Å². The van der Waals surface area contributed by atoms with Gasteiger partial charge in [0.2, 0.25) is 0 Å². The second kappa shape index (κ2) is 5.27. The van der Waals surface area contributed by atoms with E-state index in [4.69, 9.17) is 5.73 Å². The van der Waals surface area contributed by atoms with Gasteiger partial charge in [-0.25, -0.2) is 0 Å². The fourth-order valence-electron chi connectivity index (χ4n) is 4.09. The molecule has 2 aliphatic rings. The highest BCUT2D eigenvalue weighted by atomic mass is 15.0. The van der Waals surface area contributed by atoms with E-state index in [0.29, 0.717) is 11.5 Å². The molecule has 2 saturated carbocycles. The predicted molar refractivity (Wildman–Crippen MR) is 74.0 cm³/mol. The summed E-state index contributed by atoms with van der Waals surface area (Å²) in [6.45, 7) is 7.26. The van der Waals surface area contributed by atoms with Crippen LogP contribution in [0.5, 0.6) is 0 Å². The van der Waals surface area contributed by atoms with Gasteiger partial charge in [-0.1, -0.05) is 20.8 Å². The average Bonchev–Trinajstić information content (AvgIpc) is 2.18. The van der Waals surface area contributed by atoms with E-state index >= 15 is 0 Å². The third-order valence-corrected chi connectivity index (χ3v) is 4.63. The third-order valence-electron chi connectivity index (χ3n) is 4.63. The van der Waals surface area contributed by atoms with Crippen molar-refractivity contribution in [3.63, 3.8) is 0 Å². The summed E-state index contributed by atoms with van der Waals surface area (Å²) in [6, 6.07) is 1.95. The molecule has 2 unspecified atom stereocenters. The molecule has 0 bridgehead atoms. The number of nitrogens with two attached hydrogens (primary N) is 1. The van der Waals surface area contributed by atoms with Crippen LogP contribution in [0.3, 0.4) is 0 Å². The lowest BCUT2D eigenvalue weighted by molar-refractivity contribution is 0.138. The van der Waals surface area contributed by atoms with Crippen molar-refractivity contribution in [3.05, 3.63) is 0 Å². The van der Waals surface area contributed by atoms with Gasteiger partial charge in [-0.15, -0.1) is 0 Å². The molecule has 3 N–H and O–H groups in total. The van der Waals surface area contributed by atoms with Crippen LogP contribution < -0.4 is 11.1 Å². The molecule has 0 saturated heterocycles. The van der Waals surface area contributed by atoms with E-state index in [1.807, 2.05) is 0 Å². The smallest absolute Gasteiger partial charge is 0.00772 e. The Morgan fingerprint density at radius 3 is 2.24 bits per heavy atom. The van der Waals surface area contributed by atoms with Crippen molar-refractivity contribution in [2.24, 2.45) is 17.1 Å². The van der Waals surface area contributed by atoms with Crippen molar-refractivity contribution in [2.45, 2.75) is 83.8 Å². The molecule has 2 nitrogen and oxygen atoms in total. The van der Waals surface area contributed by atoms with Crippen LogP contribution in [-0.2, 0) is 0 Å². The normalized spacial score (nSPS) is 42.4. The molecule has 2 rings (SSSR count). The van der Waals surface area contributed by atoms with E-state index < -0.39 is 0 Å². The zero-order chi connectivity index (χ0) is 12.5. The second-order valence-corrected chi connectivity index (χ2v) is 7.39. The molecule has 0 aliphatic heterocycles. The van der Waals surface area contributed by atoms with Gasteiger partial charge < -0.3 is 11.1 Å². The van der Waals surface area contributed by atoms with Crippen LogP contribution in [0.1, 0.15) is 65.7 Å². The highest BCUT2D eigenvalue weighted by Gasteiger charge is 2.33. The molecule has 2 heteroatoms. The topological polar surface area (TPSA) is 38.0 Å². The van der Waals surface area contributed by atoms with E-state index in [0.717, 1.165) is 18.0 Å². The van der Waals surface area contributed by atoms with E-state index in [9.17, 15) is 0 Å². The molecule has 0 aromatic heterocycles. The summed E-state index contributed by atoms with van der Waals surface area (Å²) < 4.78 is 0. The Balaban J connectivity index is 1.82. The van der Waals surface area contributed by atoms with Gasteiger partial charge in [-0.2, -0.15) is 0 Å². The molecule has 0 amide bonds. The lowest BCUT2D eigenvalue weighted by atomic mass is 9.70. The molecular formula is C15H30N2. The lowest BCUT2D eigenvalue weighted by Crippen LogP contribution is -2.47. The van der Waals surface area contributed by atoms with Gasteiger partial charge in [0.05, 0.1) is 0 Å². The molecule has 0 spiro atoms. The summed E-state index contributed by atoms with van der Waals surface area (Å²) in [7, 11) is 0. The van der Waals surface area contributed by atoms with Crippen LogP contribution in [0.2, 0.25) is 0 Å². The maximum atomic E-state index is 5.97. The fraction of sp³-hybridized carbons (Fsp3) is 1.00.